The highest BCUT2D eigenvalue weighted by atomic mass is 16.5. The Morgan fingerprint density at radius 2 is 2.32 bits per heavy atom. The molecule has 0 aliphatic carbocycles. The Bertz CT molecular complexity index is 438. The van der Waals surface area contributed by atoms with Crippen molar-refractivity contribution in [3.05, 3.63) is 17.9 Å². The Morgan fingerprint density at radius 3 is 3.05 bits per heavy atom. The molecule has 1 fully saturated rings. The normalized spacial score (nSPS) is 15.9. The highest BCUT2D eigenvalue weighted by Crippen LogP contribution is 2.18. The molecule has 0 unspecified atom stereocenters. The van der Waals surface area contributed by atoms with E-state index in [2.05, 4.69) is 20.2 Å². The topological polar surface area (TPSA) is 76.3 Å². The molecule has 1 aliphatic rings. The van der Waals surface area contributed by atoms with Crippen molar-refractivity contribution in [2.45, 2.75) is 0 Å². The smallest absolute Gasteiger partial charge is 0.266 e. The number of carbonyl (C=O) groups excluding carboxylic acids is 1. The summed E-state index contributed by atoms with van der Waals surface area (Å²) < 4.78 is 15.5. The summed E-state index contributed by atoms with van der Waals surface area (Å²) in [4.78, 5) is 13.2. The molecule has 1 aliphatic heterocycles. The van der Waals surface area contributed by atoms with Crippen LogP contribution in [-0.4, -0.2) is 52.1 Å². The summed E-state index contributed by atoms with van der Waals surface area (Å²) in [5, 5.41) is 3.78. The molecule has 0 saturated carbocycles. The minimum absolute atomic E-state index is 0.0193. The first kappa shape index (κ1) is 13.6. The van der Waals surface area contributed by atoms with Crippen molar-refractivity contribution >= 4 is 18.0 Å². The highest BCUT2D eigenvalue weighted by Gasteiger charge is 2.14. The number of rotatable bonds is 5. The number of morpholine rings is 1. The van der Waals surface area contributed by atoms with Crippen LogP contribution in [0.1, 0.15) is 5.76 Å². The maximum Gasteiger partial charge on any atom is 0.266 e. The third kappa shape index (κ3) is 4.08. The number of methoxy groups -OCH3 is 1. The summed E-state index contributed by atoms with van der Waals surface area (Å²) in [6.45, 7) is 3.02. The minimum atomic E-state index is -0.307. The molecule has 0 bridgehead atoms. The van der Waals surface area contributed by atoms with Crippen LogP contribution in [0.15, 0.2) is 21.7 Å². The molecule has 1 aromatic heterocycles. The van der Waals surface area contributed by atoms with Crippen molar-refractivity contribution < 1.29 is 18.7 Å². The first-order valence-electron chi connectivity index (χ1n) is 6.03. The lowest BCUT2D eigenvalue weighted by Crippen LogP contribution is -2.35. The summed E-state index contributed by atoms with van der Waals surface area (Å²) in [5.74, 6) is 1.06. The van der Waals surface area contributed by atoms with Gasteiger partial charge in [0.25, 0.3) is 5.91 Å². The van der Waals surface area contributed by atoms with E-state index in [4.69, 9.17) is 9.15 Å². The van der Waals surface area contributed by atoms with Gasteiger partial charge in [-0.05, 0) is 6.07 Å². The van der Waals surface area contributed by atoms with E-state index in [1.165, 1.54) is 13.3 Å². The van der Waals surface area contributed by atoms with Crippen molar-refractivity contribution in [3.63, 3.8) is 0 Å². The molecule has 0 aromatic carbocycles. The van der Waals surface area contributed by atoms with Crippen molar-refractivity contribution in [3.8, 4) is 0 Å². The molecule has 19 heavy (non-hydrogen) atoms. The van der Waals surface area contributed by atoms with Gasteiger partial charge in [-0.3, -0.25) is 4.79 Å². The zero-order valence-electron chi connectivity index (χ0n) is 10.8. The van der Waals surface area contributed by atoms with Gasteiger partial charge in [0, 0.05) is 26.3 Å². The predicted octanol–water partition coefficient (Wildman–Crippen LogP) is 0.213. The predicted molar refractivity (Wildman–Crippen MR) is 69.4 cm³/mol. The van der Waals surface area contributed by atoms with E-state index in [0.717, 1.165) is 19.0 Å². The molecular formula is C12H17N3O4. The first-order chi connectivity index (χ1) is 9.29. The number of amides is 1. The Labute approximate surface area is 111 Å². The van der Waals surface area contributed by atoms with Crippen LogP contribution in [0.25, 0.3) is 0 Å². The molecule has 2 heterocycles. The van der Waals surface area contributed by atoms with Crippen molar-refractivity contribution in [2.75, 3.05) is 44.9 Å². The molecule has 1 N–H and O–H groups in total. The van der Waals surface area contributed by atoms with Gasteiger partial charge in [-0.15, -0.1) is 0 Å². The molecule has 1 amide bonds. The van der Waals surface area contributed by atoms with Crippen LogP contribution in [0.5, 0.6) is 0 Å². The van der Waals surface area contributed by atoms with E-state index in [1.54, 1.807) is 6.07 Å². The second-order valence-corrected chi connectivity index (χ2v) is 4.00. The fourth-order valence-electron chi connectivity index (χ4n) is 1.70. The number of nitrogens with one attached hydrogen (secondary N) is 1. The Balaban J connectivity index is 1.86. The molecule has 0 radical (unpaired) electrons. The molecule has 7 nitrogen and oxygen atoms in total. The van der Waals surface area contributed by atoms with Gasteiger partial charge in [-0.25, -0.2) is 5.43 Å². The molecule has 0 atom stereocenters. The lowest BCUT2D eigenvalue weighted by atomic mass is 10.4. The summed E-state index contributed by atoms with van der Waals surface area (Å²) in [6.07, 6.45) is 1.46. The number of furan rings is 1. The molecule has 1 aromatic rings. The first-order valence-corrected chi connectivity index (χ1v) is 6.03. The number of anilines is 1. The van der Waals surface area contributed by atoms with Crippen molar-refractivity contribution in [2.24, 2.45) is 5.10 Å². The van der Waals surface area contributed by atoms with Crippen molar-refractivity contribution in [1.29, 1.82) is 0 Å². The van der Waals surface area contributed by atoms with Crippen LogP contribution >= 0.6 is 0 Å². The third-order valence-corrected chi connectivity index (χ3v) is 2.59. The average molecular weight is 267 g/mol. The minimum Gasteiger partial charge on any atom is -0.440 e. The number of hydrazone groups is 1. The number of hydrogen-bond acceptors (Lipinski definition) is 6. The summed E-state index contributed by atoms with van der Waals surface area (Å²) >= 11 is 0. The number of hydrogen-bond donors (Lipinski definition) is 1. The van der Waals surface area contributed by atoms with Crippen LogP contribution in [0.2, 0.25) is 0 Å². The molecule has 2 rings (SSSR count). The zero-order chi connectivity index (χ0) is 13.5. The second-order valence-electron chi connectivity index (χ2n) is 4.00. The average Bonchev–Trinajstić information content (AvgIpc) is 2.89. The Hall–Kier alpha value is -1.86. The molecule has 0 spiro atoms. The lowest BCUT2D eigenvalue weighted by molar-refractivity contribution is -0.124. The van der Waals surface area contributed by atoms with Crippen LogP contribution in [0, 0.1) is 0 Å². The van der Waals surface area contributed by atoms with Crippen molar-refractivity contribution in [1.82, 2.24) is 5.43 Å². The summed E-state index contributed by atoms with van der Waals surface area (Å²) in [7, 11) is 1.45. The van der Waals surface area contributed by atoms with Gasteiger partial charge in [0.1, 0.15) is 12.4 Å². The van der Waals surface area contributed by atoms with E-state index < -0.39 is 0 Å². The fourth-order valence-corrected chi connectivity index (χ4v) is 1.70. The molecule has 7 heteroatoms. The van der Waals surface area contributed by atoms with Crippen LogP contribution < -0.4 is 10.3 Å². The van der Waals surface area contributed by atoms with E-state index in [-0.39, 0.29) is 12.5 Å². The monoisotopic (exact) mass is 267 g/mol. The van der Waals surface area contributed by atoms with Crippen LogP contribution in [0.4, 0.5) is 5.88 Å². The lowest BCUT2D eigenvalue weighted by Gasteiger charge is -2.26. The maximum absolute atomic E-state index is 11.1. The van der Waals surface area contributed by atoms with E-state index in [1.807, 2.05) is 6.07 Å². The zero-order valence-corrected chi connectivity index (χ0v) is 10.8. The number of ether oxygens (including phenoxy) is 2. The fraction of sp³-hybridized carbons (Fsp3) is 0.500. The van der Waals surface area contributed by atoms with Crippen LogP contribution in [-0.2, 0) is 14.3 Å². The maximum atomic E-state index is 11.1. The number of nitrogens with zero attached hydrogens (tertiary/aromatic N) is 2. The second kappa shape index (κ2) is 6.91. The molecule has 104 valence electrons. The Morgan fingerprint density at radius 1 is 1.53 bits per heavy atom. The van der Waals surface area contributed by atoms with Gasteiger partial charge in [0.05, 0.1) is 19.4 Å². The van der Waals surface area contributed by atoms with E-state index in [0.29, 0.717) is 19.0 Å². The molecule has 1 saturated heterocycles. The Kier molecular flexibility index (Phi) is 4.93. The van der Waals surface area contributed by atoms with E-state index >= 15 is 0 Å². The van der Waals surface area contributed by atoms with Gasteiger partial charge >= 0.3 is 0 Å². The number of carbonyl (C=O) groups is 1. The largest absolute Gasteiger partial charge is 0.440 e. The van der Waals surface area contributed by atoms with Gasteiger partial charge in [-0.1, -0.05) is 0 Å². The SMILES string of the molecule is COCC(=O)N/N=C/c1ccc(N2CCOCC2)o1. The van der Waals surface area contributed by atoms with Gasteiger partial charge in [-0.2, -0.15) is 5.10 Å². The van der Waals surface area contributed by atoms with Gasteiger partial charge < -0.3 is 18.8 Å². The standard InChI is InChI=1S/C12H17N3O4/c1-17-9-11(16)14-13-8-10-2-3-12(19-10)15-4-6-18-7-5-15/h2-3,8H,4-7,9H2,1H3,(H,14,16)/b13-8+. The van der Waals surface area contributed by atoms with Crippen LogP contribution in [0.3, 0.4) is 0 Å². The summed E-state index contributed by atoms with van der Waals surface area (Å²) in [5.41, 5.74) is 2.33. The molecular weight excluding hydrogens is 250 g/mol. The van der Waals surface area contributed by atoms with Gasteiger partial charge in [0.15, 0.2) is 5.88 Å². The quantitative estimate of drug-likeness (QED) is 0.610. The third-order valence-electron chi connectivity index (χ3n) is 2.59. The summed E-state index contributed by atoms with van der Waals surface area (Å²) in [6, 6.07) is 3.68. The highest BCUT2D eigenvalue weighted by molar-refractivity contribution is 5.81. The van der Waals surface area contributed by atoms with Gasteiger partial charge in [0.2, 0.25) is 0 Å². The van der Waals surface area contributed by atoms with E-state index in [9.17, 15) is 4.79 Å².